The van der Waals surface area contributed by atoms with Crippen LogP contribution < -0.4 is 51.0 Å². The van der Waals surface area contributed by atoms with E-state index >= 15 is 0 Å². The minimum Gasteiger partial charge on any atom is -0.548 e. The van der Waals surface area contributed by atoms with E-state index in [0.29, 0.717) is 5.75 Å². The minimum absolute atomic E-state index is 0. The molecule has 0 aliphatic rings. The molecule has 192 valence electrons. The van der Waals surface area contributed by atoms with Gasteiger partial charge in [0.05, 0.1) is 12.0 Å². The summed E-state index contributed by atoms with van der Waals surface area (Å²) in [6, 6.07) is -2.26. The normalized spacial score (nSPS) is 13.2. The molecule has 0 aromatic carbocycles. The maximum absolute atomic E-state index is 12.4. The summed E-state index contributed by atoms with van der Waals surface area (Å²) in [7, 11) is 0. The van der Waals surface area contributed by atoms with Crippen molar-refractivity contribution in [3.05, 3.63) is 34.9 Å². The zero-order chi connectivity index (χ0) is 26.1. The molecule has 0 saturated heterocycles. The van der Waals surface area contributed by atoms with Crippen molar-refractivity contribution < 1.29 is 53.8 Å². The number of carboxylic acid groups (broad SMARTS) is 1. The van der Waals surface area contributed by atoms with Gasteiger partial charge in [-0.2, -0.15) is 11.8 Å². The first-order valence-electron chi connectivity index (χ1n) is 11.5. The summed E-state index contributed by atoms with van der Waals surface area (Å²) in [5, 5.41) is 16.3. The van der Waals surface area contributed by atoms with Crippen LogP contribution in [0, 0.1) is 0 Å². The molecule has 0 aliphatic heterocycles. The van der Waals surface area contributed by atoms with Gasteiger partial charge in [0, 0.05) is 24.9 Å². The van der Waals surface area contributed by atoms with Crippen LogP contribution in [0.1, 0.15) is 73.1 Å². The van der Waals surface area contributed by atoms with Gasteiger partial charge in [-0.15, -0.1) is 0 Å². The van der Waals surface area contributed by atoms with Crippen LogP contribution >= 0.6 is 11.8 Å². The molecule has 0 saturated carbocycles. The van der Waals surface area contributed by atoms with Gasteiger partial charge in [-0.05, 0) is 59.8 Å². The fraction of sp³-hybridized carbons (Fsp3) is 0.600. The first-order chi connectivity index (χ1) is 15.9. The molecule has 0 radical (unpaired) electrons. The van der Waals surface area contributed by atoms with Crippen LogP contribution in [0.2, 0.25) is 0 Å². The third kappa shape index (κ3) is 20.4. The van der Waals surface area contributed by atoms with E-state index in [1.54, 1.807) is 0 Å². The van der Waals surface area contributed by atoms with Crippen molar-refractivity contribution in [3.63, 3.8) is 0 Å². The van der Waals surface area contributed by atoms with Gasteiger partial charge in [0.1, 0.15) is 6.04 Å². The SMILES string of the molecule is CC(=O)NC(CCC(N)=O)C(=O)N[C@@H](CSC/C=C(\C)CC/C=C(\C)CCC=C(C)C)C(=O)[O-].[Na+]. The second kappa shape index (κ2) is 20.6. The summed E-state index contributed by atoms with van der Waals surface area (Å²) >= 11 is 1.36. The Morgan fingerprint density at radius 1 is 0.857 bits per heavy atom. The molecule has 8 nitrogen and oxygen atoms in total. The van der Waals surface area contributed by atoms with Gasteiger partial charge in [-0.1, -0.05) is 34.9 Å². The zero-order valence-electron chi connectivity index (χ0n) is 22.1. The van der Waals surface area contributed by atoms with Crippen LogP contribution in [0.5, 0.6) is 0 Å². The van der Waals surface area contributed by atoms with Gasteiger partial charge in [-0.25, -0.2) is 0 Å². The summed E-state index contributed by atoms with van der Waals surface area (Å²) in [5.41, 5.74) is 9.02. The predicted octanol–water partition coefficient (Wildman–Crippen LogP) is -0.852. The summed E-state index contributed by atoms with van der Waals surface area (Å²) in [6.07, 6.45) is 10.4. The van der Waals surface area contributed by atoms with Gasteiger partial charge >= 0.3 is 29.6 Å². The summed E-state index contributed by atoms with van der Waals surface area (Å²) < 4.78 is 0. The monoisotopic (exact) mass is 517 g/mol. The topological polar surface area (TPSA) is 141 Å². The van der Waals surface area contributed by atoms with Crippen molar-refractivity contribution in [2.24, 2.45) is 5.73 Å². The Kier molecular flexibility index (Phi) is 21.0. The molecule has 0 heterocycles. The number of hydrogen-bond donors (Lipinski definition) is 3. The molecule has 1 unspecified atom stereocenters. The summed E-state index contributed by atoms with van der Waals surface area (Å²) in [6.45, 7) is 9.62. The number of thioether (sulfide) groups is 1. The molecule has 0 aliphatic carbocycles. The number of carbonyl (C=O) groups is 4. The fourth-order valence-electron chi connectivity index (χ4n) is 2.97. The van der Waals surface area contributed by atoms with Crippen molar-refractivity contribution in [1.82, 2.24) is 10.6 Å². The average Bonchev–Trinajstić information content (AvgIpc) is 2.72. The number of carboxylic acids is 1. The third-order valence-corrected chi connectivity index (χ3v) is 5.90. The smallest absolute Gasteiger partial charge is 0.548 e. The maximum Gasteiger partial charge on any atom is 1.00 e. The van der Waals surface area contributed by atoms with Gasteiger partial charge in [-0.3, -0.25) is 14.4 Å². The Hall–Kier alpha value is -1.55. The van der Waals surface area contributed by atoms with Gasteiger partial charge < -0.3 is 26.3 Å². The second-order valence-corrected chi connectivity index (χ2v) is 9.71. The van der Waals surface area contributed by atoms with Crippen molar-refractivity contribution in [2.45, 2.75) is 85.2 Å². The first-order valence-corrected chi connectivity index (χ1v) is 12.7. The van der Waals surface area contributed by atoms with Crippen LogP contribution in [0.4, 0.5) is 0 Å². The van der Waals surface area contributed by atoms with E-state index in [0.717, 1.165) is 25.7 Å². The van der Waals surface area contributed by atoms with Gasteiger partial charge in [0.2, 0.25) is 17.7 Å². The molecular formula is C25H40N3NaO5S. The van der Waals surface area contributed by atoms with E-state index < -0.39 is 35.8 Å². The molecule has 0 rings (SSSR count). The van der Waals surface area contributed by atoms with Crippen LogP contribution in [-0.2, 0) is 19.2 Å². The number of primary amides is 1. The summed E-state index contributed by atoms with van der Waals surface area (Å²) in [5.74, 6) is -2.47. The molecule has 3 amide bonds. The second-order valence-electron chi connectivity index (χ2n) is 8.64. The average molecular weight is 518 g/mol. The number of hydrogen-bond acceptors (Lipinski definition) is 6. The molecular weight excluding hydrogens is 477 g/mol. The Labute approximate surface area is 236 Å². The number of nitrogens with two attached hydrogens (primary N) is 1. The number of rotatable bonds is 17. The zero-order valence-corrected chi connectivity index (χ0v) is 24.9. The van der Waals surface area contributed by atoms with E-state index in [1.807, 2.05) is 6.92 Å². The number of nitrogens with one attached hydrogen (secondary N) is 2. The van der Waals surface area contributed by atoms with Crippen LogP contribution in [0.25, 0.3) is 0 Å². The molecule has 0 spiro atoms. The maximum atomic E-state index is 12.4. The first kappa shape index (κ1) is 35.6. The molecule has 0 aromatic rings. The number of aliphatic carboxylic acids is 1. The summed E-state index contributed by atoms with van der Waals surface area (Å²) in [4.78, 5) is 46.2. The minimum atomic E-state index is -1.41. The van der Waals surface area contributed by atoms with Crippen LogP contribution in [0.3, 0.4) is 0 Å². The molecule has 0 bridgehead atoms. The van der Waals surface area contributed by atoms with E-state index in [4.69, 9.17) is 5.73 Å². The van der Waals surface area contributed by atoms with Crippen molar-refractivity contribution in [1.29, 1.82) is 0 Å². The Bertz CT molecular complexity index is 792. The standard InChI is InChI=1S/C25H41N3O5S.Na/c1-17(2)8-6-9-18(3)10-7-11-19(4)14-15-34-16-22(25(32)33)28-24(31)21(27-20(5)29)12-13-23(26)30;/h8,10,14,21-22H,6-7,9,11-13,15-16H2,1-5H3,(H2,26,30)(H,27,29)(H,28,31)(H,32,33);/q;+1/p-1/b18-10+,19-14+;/t21?,22-;/m0./s1. The Morgan fingerprint density at radius 3 is 1.94 bits per heavy atom. The van der Waals surface area contributed by atoms with Crippen LogP contribution in [0.15, 0.2) is 34.9 Å². The Balaban J connectivity index is 0. The Morgan fingerprint density at radius 2 is 1.43 bits per heavy atom. The predicted molar refractivity (Wildman–Crippen MR) is 136 cm³/mol. The number of amides is 3. The third-order valence-electron chi connectivity index (χ3n) is 4.93. The molecule has 10 heteroatoms. The molecule has 2 atom stereocenters. The van der Waals surface area contributed by atoms with Gasteiger partial charge in [0.15, 0.2) is 0 Å². The fourth-order valence-corrected chi connectivity index (χ4v) is 3.96. The van der Waals surface area contributed by atoms with Crippen molar-refractivity contribution in [2.75, 3.05) is 11.5 Å². The quantitative estimate of drug-likeness (QED) is 0.130. The van der Waals surface area contributed by atoms with Crippen LogP contribution in [-0.4, -0.2) is 47.3 Å². The molecule has 0 aromatic heterocycles. The molecule has 0 fully saturated rings. The van der Waals surface area contributed by atoms with E-state index in [1.165, 1.54) is 35.4 Å². The van der Waals surface area contributed by atoms with E-state index in [-0.39, 0.29) is 48.2 Å². The van der Waals surface area contributed by atoms with Gasteiger partial charge in [0.25, 0.3) is 0 Å². The molecule has 4 N–H and O–H groups in total. The van der Waals surface area contributed by atoms with E-state index in [9.17, 15) is 24.3 Å². The van der Waals surface area contributed by atoms with Crippen molar-refractivity contribution in [3.8, 4) is 0 Å². The largest absolute Gasteiger partial charge is 1.00 e. The van der Waals surface area contributed by atoms with Crippen molar-refractivity contribution >= 4 is 35.5 Å². The number of allylic oxidation sites excluding steroid dienone is 5. The number of carbonyl (C=O) groups excluding carboxylic acids is 4. The van der Waals surface area contributed by atoms with E-state index in [2.05, 4.69) is 49.6 Å². The molecule has 35 heavy (non-hydrogen) atoms.